The highest BCUT2D eigenvalue weighted by Gasteiger charge is 2.10. The maximum absolute atomic E-state index is 12.6. The fraction of sp³-hybridized carbons (Fsp3) is 0.0833. The number of aromatic nitrogens is 1. The maximum atomic E-state index is 12.6. The second-order valence-electron chi connectivity index (χ2n) is 6.94. The van der Waals surface area contributed by atoms with Gasteiger partial charge in [-0.25, -0.2) is 0 Å². The maximum Gasteiger partial charge on any atom is 0.255 e. The van der Waals surface area contributed by atoms with Crippen LogP contribution in [0, 0.1) is 13.8 Å². The van der Waals surface area contributed by atoms with Crippen LogP contribution >= 0.6 is 0 Å². The van der Waals surface area contributed by atoms with E-state index in [0.29, 0.717) is 11.3 Å². The van der Waals surface area contributed by atoms with Crippen LogP contribution in [0.4, 0.5) is 11.4 Å². The summed E-state index contributed by atoms with van der Waals surface area (Å²) in [6, 6.07) is 21.3. The van der Waals surface area contributed by atoms with Crippen molar-refractivity contribution in [2.24, 2.45) is 0 Å². The molecule has 0 unspecified atom stereocenters. The van der Waals surface area contributed by atoms with E-state index in [1.54, 1.807) is 6.20 Å². The van der Waals surface area contributed by atoms with Gasteiger partial charge in [0.05, 0.1) is 11.2 Å². The Morgan fingerprint density at radius 3 is 2.57 bits per heavy atom. The first-order valence-electron chi connectivity index (χ1n) is 9.15. The van der Waals surface area contributed by atoms with Crippen molar-refractivity contribution in [1.29, 1.82) is 0 Å². The molecule has 0 aliphatic carbocycles. The molecular formula is C24H21N3O. The summed E-state index contributed by atoms with van der Waals surface area (Å²) in [4.78, 5) is 17.0. The minimum absolute atomic E-state index is 0.121. The number of pyridine rings is 1. The molecule has 1 heterocycles. The fourth-order valence-corrected chi connectivity index (χ4v) is 3.30. The molecule has 138 valence electrons. The van der Waals surface area contributed by atoms with Crippen molar-refractivity contribution < 1.29 is 4.79 Å². The predicted molar refractivity (Wildman–Crippen MR) is 115 cm³/mol. The summed E-state index contributed by atoms with van der Waals surface area (Å²) < 4.78 is 0. The van der Waals surface area contributed by atoms with Crippen molar-refractivity contribution in [2.75, 3.05) is 11.1 Å². The number of nitrogens with two attached hydrogens (primary N) is 1. The number of carbonyl (C=O) groups excluding carboxylic acids is 1. The molecule has 0 radical (unpaired) electrons. The van der Waals surface area contributed by atoms with Gasteiger partial charge in [0.1, 0.15) is 0 Å². The van der Waals surface area contributed by atoms with Gasteiger partial charge in [0.15, 0.2) is 0 Å². The third-order valence-electron chi connectivity index (χ3n) is 5.00. The van der Waals surface area contributed by atoms with E-state index in [1.165, 1.54) is 5.56 Å². The lowest BCUT2D eigenvalue weighted by atomic mass is 10.0. The number of hydrogen-bond acceptors (Lipinski definition) is 3. The van der Waals surface area contributed by atoms with Crippen LogP contribution in [-0.4, -0.2) is 10.9 Å². The summed E-state index contributed by atoms with van der Waals surface area (Å²) in [7, 11) is 0. The Kier molecular flexibility index (Phi) is 4.53. The van der Waals surface area contributed by atoms with Crippen LogP contribution in [0.25, 0.3) is 22.0 Å². The Morgan fingerprint density at radius 2 is 1.75 bits per heavy atom. The molecule has 4 rings (SSSR count). The Balaban J connectivity index is 1.68. The summed E-state index contributed by atoms with van der Waals surface area (Å²) in [5, 5.41) is 3.98. The van der Waals surface area contributed by atoms with Gasteiger partial charge < -0.3 is 11.1 Å². The molecule has 3 N–H and O–H groups in total. The molecule has 0 bridgehead atoms. The smallest absolute Gasteiger partial charge is 0.255 e. The number of nitrogen functional groups attached to an aromatic ring is 1. The van der Waals surface area contributed by atoms with Crippen LogP contribution in [0.3, 0.4) is 0 Å². The lowest BCUT2D eigenvalue weighted by Gasteiger charge is -2.11. The van der Waals surface area contributed by atoms with E-state index >= 15 is 0 Å². The van der Waals surface area contributed by atoms with Gasteiger partial charge in [-0.3, -0.25) is 9.78 Å². The van der Waals surface area contributed by atoms with Gasteiger partial charge in [-0.2, -0.15) is 0 Å². The highest BCUT2D eigenvalue weighted by molar-refractivity contribution is 6.05. The number of nitrogens with zero attached hydrogens (tertiary/aromatic N) is 1. The summed E-state index contributed by atoms with van der Waals surface area (Å²) in [6.07, 6.45) is 1.76. The van der Waals surface area contributed by atoms with E-state index in [1.807, 2.05) is 80.6 Å². The van der Waals surface area contributed by atoms with Crippen LogP contribution in [0.5, 0.6) is 0 Å². The number of nitrogens with one attached hydrogen (secondary N) is 1. The Hall–Kier alpha value is -3.66. The highest BCUT2D eigenvalue weighted by atomic mass is 16.1. The molecule has 0 aliphatic heterocycles. The van der Waals surface area contributed by atoms with Crippen molar-refractivity contribution in [3.63, 3.8) is 0 Å². The lowest BCUT2D eigenvalue weighted by Crippen LogP contribution is -2.12. The van der Waals surface area contributed by atoms with Gasteiger partial charge in [0, 0.05) is 22.8 Å². The van der Waals surface area contributed by atoms with Crippen LogP contribution in [-0.2, 0) is 0 Å². The molecule has 1 aromatic heterocycles. The molecule has 28 heavy (non-hydrogen) atoms. The van der Waals surface area contributed by atoms with Crippen LogP contribution in [0.1, 0.15) is 21.5 Å². The predicted octanol–water partition coefficient (Wildman–Crippen LogP) is 5.35. The molecule has 0 saturated carbocycles. The largest absolute Gasteiger partial charge is 0.397 e. The lowest BCUT2D eigenvalue weighted by molar-refractivity contribution is 0.102. The van der Waals surface area contributed by atoms with E-state index in [2.05, 4.69) is 10.3 Å². The zero-order valence-corrected chi connectivity index (χ0v) is 15.9. The number of rotatable bonds is 3. The second-order valence-corrected chi connectivity index (χ2v) is 6.94. The monoisotopic (exact) mass is 367 g/mol. The quantitative estimate of drug-likeness (QED) is 0.479. The first kappa shape index (κ1) is 17.7. The van der Waals surface area contributed by atoms with Crippen LogP contribution in [0.15, 0.2) is 72.9 Å². The number of fused-ring (bicyclic) bond motifs is 1. The number of aryl methyl sites for hydroxylation is 2. The average molecular weight is 367 g/mol. The van der Waals surface area contributed by atoms with Gasteiger partial charge in [0.2, 0.25) is 0 Å². The molecule has 0 fully saturated rings. The zero-order chi connectivity index (χ0) is 19.7. The topological polar surface area (TPSA) is 68.0 Å². The molecular weight excluding hydrogens is 346 g/mol. The number of carbonyl (C=O) groups is 1. The van der Waals surface area contributed by atoms with E-state index in [-0.39, 0.29) is 5.91 Å². The number of benzene rings is 3. The van der Waals surface area contributed by atoms with Crippen LogP contribution < -0.4 is 11.1 Å². The SMILES string of the molecule is Cc1ccc(C(=O)Nc2cccc(-c3ccnc4c(N)cccc34)c2)cc1C. The van der Waals surface area contributed by atoms with Gasteiger partial charge in [-0.05, 0) is 72.5 Å². The number of para-hydroxylation sites is 1. The first-order valence-corrected chi connectivity index (χ1v) is 9.15. The molecule has 3 aromatic carbocycles. The third-order valence-corrected chi connectivity index (χ3v) is 5.00. The standard InChI is InChI=1S/C24H21N3O/c1-15-9-10-18(13-16(15)2)24(28)27-19-6-3-5-17(14-19)20-11-12-26-23-21(20)7-4-8-22(23)25/h3-14H,25H2,1-2H3,(H,27,28). The molecule has 0 aliphatic rings. The van der Waals surface area contributed by atoms with Crippen molar-refractivity contribution in [3.8, 4) is 11.1 Å². The number of hydrogen-bond donors (Lipinski definition) is 2. The molecule has 4 heteroatoms. The van der Waals surface area contributed by atoms with E-state index < -0.39 is 0 Å². The molecule has 0 spiro atoms. The molecule has 4 nitrogen and oxygen atoms in total. The van der Waals surface area contributed by atoms with E-state index in [4.69, 9.17) is 5.73 Å². The summed E-state index contributed by atoms with van der Waals surface area (Å²) in [5.41, 5.74) is 13.2. The van der Waals surface area contributed by atoms with Gasteiger partial charge in [-0.15, -0.1) is 0 Å². The summed E-state index contributed by atoms with van der Waals surface area (Å²) in [6.45, 7) is 4.04. The summed E-state index contributed by atoms with van der Waals surface area (Å²) >= 11 is 0. The van der Waals surface area contributed by atoms with Crippen molar-refractivity contribution >= 4 is 28.2 Å². The first-order chi connectivity index (χ1) is 13.5. The Labute approximate surface area is 164 Å². The second kappa shape index (κ2) is 7.16. The Morgan fingerprint density at radius 1 is 0.929 bits per heavy atom. The Bertz CT molecular complexity index is 1200. The molecule has 0 saturated heterocycles. The van der Waals surface area contributed by atoms with Gasteiger partial charge in [0.25, 0.3) is 5.91 Å². The third kappa shape index (κ3) is 3.32. The fourth-order valence-electron chi connectivity index (χ4n) is 3.30. The van der Waals surface area contributed by atoms with E-state index in [0.717, 1.165) is 33.3 Å². The normalized spacial score (nSPS) is 10.8. The highest BCUT2D eigenvalue weighted by Crippen LogP contribution is 2.31. The molecule has 4 aromatic rings. The van der Waals surface area contributed by atoms with Crippen molar-refractivity contribution in [2.45, 2.75) is 13.8 Å². The average Bonchev–Trinajstić information content (AvgIpc) is 2.70. The van der Waals surface area contributed by atoms with Crippen molar-refractivity contribution in [3.05, 3.63) is 89.6 Å². The molecule has 0 atom stereocenters. The minimum atomic E-state index is -0.121. The number of anilines is 2. The van der Waals surface area contributed by atoms with E-state index in [9.17, 15) is 4.79 Å². The zero-order valence-electron chi connectivity index (χ0n) is 15.9. The van der Waals surface area contributed by atoms with Crippen molar-refractivity contribution in [1.82, 2.24) is 4.98 Å². The molecule has 1 amide bonds. The van der Waals surface area contributed by atoms with Gasteiger partial charge in [-0.1, -0.05) is 30.3 Å². The number of amides is 1. The van der Waals surface area contributed by atoms with Gasteiger partial charge >= 0.3 is 0 Å². The summed E-state index contributed by atoms with van der Waals surface area (Å²) in [5.74, 6) is -0.121. The van der Waals surface area contributed by atoms with Crippen LogP contribution in [0.2, 0.25) is 0 Å². The minimum Gasteiger partial charge on any atom is -0.397 e.